The topological polar surface area (TPSA) is 41.3 Å². The van der Waals surface area contributed by atoms with Crippen molar-refractivity contribution in [2.45, 2.75) is 0 Å². The molecule has 0 aromatic carbocycles. The fraction of sp³-hybridized carbons (Fsp3) is 0.500. The first kappa shape index (κ1) is 9.29. The third-order valence-electron chi connectivity index (χ3n) is 1.81. The second kappa shape index (κ2) is 3.74. The molecule has 0 amide bonds. The first-order valence-corrected chi connectivity index (χ1v) is 3.90. The molecule has 0 atom stereocenters. The predicted octanol–water partition coefficient (Wildman–Crippen LogP) is -0.609. The van der Waals surface area contributed by atoms with Crippen LogP contribution in [0.2, 0.25) is 0 Å². The second-order valence-corrected chi connectivity index (χ2v) is 2.89. The van der Waals surface area contributed by atoms with E-state index in [2.05, 4.69) is 5.32 Å². The normalized spacial score (nSPS) is 8.58. The standard InChI is InChI=1S/C6H12B3N3/c1-11-4-5(10)7-9-8-6(4)12(2)3/h11H,10H2,1-3H3. The summed E-state index contributed by atoms with van der Waals surface area (Å²) >= 11 is 0. The SMILES string of the molecule is CNc1c(N)bbbc1N(C)C. The molecule has 12 heavy (non-hydrogen) atoms. The molecule has 0 saturated carbocycles. The Balaban J connectivity index is 3.18. The molecule has 3 nitrogen and oxygen atoms in total. The maximum atomic E-state index is 5.78. The van der Waals surface area contributed by atoms with Crippen molar-refractivity contribution in [3.63, 3.8) is 0 Å². The van der Waals surface area contributed by atoms with Crippen molar-refractivity contribution in [2.24, 2.45) is 0 Å². The summed E-state index contributed by atoms with van der Waals surface area (Å²) in [5, 5.41) is 3.08. The zero-order valence-electron chi connectivity index (χ0n) is 7.76. The van der Waals surface area contributed by atoms with E-state index in [1.54, 1.807) is 0 Å². The third kappa shape index (κ3) is 1.68. The van der Waals surface area contributed by atoms with Gasteiger partial charge in [-0.3, -0.25) is 0 Å². The minimum absolute atomic E-state index is 0.781. The number of nitrogens with two attached hydrogens (primary N) is 1. The summed E-state index contributed by atoms with van der Waals surface area (Å²) in [5.41, 5.74) is 8.66. The van der Waals surface area contributed by atoms with Crippen LogP contribution in [0.15, 0.2) is 0 Å². The van der Waals surface area contributed by atoms with E-state index in [0.29, 0.717) is 0 Å². The molecule has 1 rings (SSSR count). The van der Waals surface area contributed by atoms with Crippen LogP contribution in [0.1, 0.15) is 0 Å². The second-order valence-electron chi connectivity index (χ2n) is 2.89. The molecule has 0 spiro atoms. The summed E-state index contributed by atoms with van der Waals surface area (Å²) in [5.74, 6) is 0. The van der Waals surface area contributed by atoms with Crippen molar-refractivity contribution < 1.29 is 0 Å². The minimum atomic E-state index is 0.781. The average Bonchev–Trinajstić information content (AvgIpc) is 2.03. The Labute approximate surface area is 74.9 Å². The quantitative estimate of drug-likeness (QED) is 0.604. The third-order valence-corrected chi connectivity index (χ3v) is 1.81. The van der Waals surface area contributed by atoms with Crippen molar-refractivity contribution in [2.75, 3.05) is 37.1 Å². The summed E-state index contributed by atoms with van der Waals surface area (Å²) in [6.07, 6.45) is 0. The average molecular weight is 159 g/mol. The van der Waals surface area contributed by atoms with Gasteiger partial charge in [-0.15, -0.1) is 0 Å². The van der Waals surface area contributed by atoms with Gasteiger partial charge in [0, 0.05) is 0 Å². The van der Waals surface area contributed by atoms with Crippen LogP contribution in [0.25, 0.3) is 0 Å². The molecular weight excluding hydrogens is 147 g/mol. The fourth-order valence-corrected chi connectivity index (χ4v) is 1.20. The molecule has 1 heterocycles. The zero-order valence-corrected chi connectivity index (χ0v) is 7.76. The van der Waals surface area contributed by atoms with Crippen LogP contribution in [0.5, 0.6) is 0 Å². The van der Waals surface area contributed by atoms with Gasteiger partial charge in [-0.2, -0.15) is 0 Å². The molecule has 0 saturated heterocycles. The first-order chi connectivity index (χ1) is 5.66. The molecule has 0 radical (unpaired) electrons. The molecule has 1 aromatic heterocycles. The van der Waals surface area contributed by atoms with Crippen molar-refractivity contribution in [1.29, 1.82) is 0 Å². The van der Waals surface area contributed by atoms with E-state index in [1.165, 1.54) is 0 Å². The van der Waals surface area contributed by atoms with E-state index in [9.17, 15) is 0 Å². The maximum absolute atomic E-state index is 5.78. The van der Waals surface area contributed by atoms with E-state index in [4.69, 9.17) is 5.73 Å². The molecule has 6 heteroatoms. The summed E-state index contributed by atoms with van der Waals surface area (Å²) in [6, 6.07) is 0. The zero-order chi connectivity index (χ0) is 9.14. The van der Waals surface area contributed by atoms with Crippen LogP contribution in [0, 0.1) is 0 Å². The Morgan fingerprint density at radius 2 is 2.00 bits per heavy atom. The molecule has 60 valence electrons. The van der Waals surface area contributed by atoms with Crippen LogP contribution < -0.4 is 16.0 Å². The summed E-state index contributed by atoms with van der Waals surface area (Å²) in [6.45, 7) is 5.87. The number of nitrogens with one attached hydrogen (secondary N) is 1. The predicted molar refractivity (Wildman–Crippen MR) is 58.8 cm³/mol. The van der Waals surface area contributed by atoms with Gasteiger partial charge in [-0.25, -0.2) is 0 Å². The molecule has 3 N–H and O–H groups in total. The summed E-state index contributed by atoms with van der Waals surface area (Å²) in [4.78, 5) is 2.03. The molecule has 1 aromatic rings. The Bertz CT molecular complexity index is 277. The molecule has 0 fully saturated rings. The van der Waals surface area contributed by atoms with Crippen LogP contribution >= 0.6 is 0 Å². The van der Waals surface area contributed by atoms with E-state index in [0.717, 1.165) is 16.9 Å². The van der Waals surface area contributed by atoms with Gasteiger partial charge in [0.1, 0.15) is 0 Å². The van der Waals surface area contributed by atoms with Gasteiger partial charge >= 0.3 is 74.2 Å². The summed E-state index contributed by atoms with van der Waals surface area (Å²) in [7, 11) is 5.86. The molecule has 0 aliphatic carbocycles. The van der Waals surface area contributed by atoms with E-state index >= 15 is 0 Å². The van der Waals surface area contributed by atoms with Crippen molar-refractivity contribution in [3.05, 3.63) is 0 Å². The number of hydrogen-bond acceptors (Lipinski definition) is 3. The van der Waals surface area contributed by atoms with Gasteiger partial charge in [0.25, 0.3) is 0 Å². The Kier molecular flexibility index (Phi) is 2.90. The molecule has 0 unspecified atom stereocenters. The van der Waals surface area contributed by atoms with Gasteiger partial charge in [-0.05, 0) is 0 Å². The van der Waals surface area contributed by atoms with Crippen LogP contribution in [0.3, 0.4) is 0 Å². The van der Waals surface area contributed by atoms with Gasteiger partial charge in [0.05, 0.1) is 0 Å². The fourth-order valence-electron chi connectivity index (χ4n) is 1.20. The van der Waals surface area contributed by atoms with Crippen molar-refractivity contribution in [1.82, 2.24) is 0 Å². The summed E-state index contributed by atoms with van der Waals surface area (Å²) < 4.78 is 0. The number of anilines is 3. The van der Waals surface area contributed by atoms with Gasteiger partial charge in [-0.1, -0.05) is 0 Å². The molecule has 0 aliphatic heterocycles. The van der Waals surface area contributed by atoms with Gasteiger partial charge < -0.3 is 0 Å². The van der Waals surface area contributed by atoms with Gasteiger partial charge in [0.2, 0.25) is 0 Å². The monoisotopic (exact) mass is 159 g/mol. The number of hydrogen-bond donors (Lipinski definition) is 2. The number of nitrogens with zero attached hydrogens (tertiary/aromatic N) is 1. The van der Waals surface area contributed by atoms with E-state index < -0.39 is 0 Å². The molecular formula is C6H12B3N3. The Hall–Kier alpha value is -0.795. The van der Waals surface area contributed by atoms with E-state index in [1.807, 2.05) is 46.3 Å². The van der Waals surface area contributed by atoms with Crippen LogP contribution in [0.4, 0.5) is 16.9 Å². The molecule has 0 aliphatic rings. The van der Waals surface area contributed by atoms with Crippen LogP contribution in [-0.4, -0.2) is 41.4 Å². The number of nitrogen functional groups attached to an aromatic ring is 1. The van der Waals surface area contributed by atoms with Crippen LogP contribution in [-0.2, 0) is 0 Å². The van der Waals surface area contributed by atoms with Crippen molar-refractivity contribution >= 4 is 37.1 Å². The van der Waals surface area contributed by atoms with Crippen molar-refractivity contribution in [3.8, 4) is 0 Å². The van der Waals surface area contributed by atoms with E-state index in [-0.39, 0.29) is 0 Å². The molecule has 0 bridgehead atoms. The Morgan fingerprint density at radius 3 is 2.42 bits per heavy atom. The Morgan fingerprint density at radius 1 is 1.33 bits per heavy atom. The van der Waals surface area contributed by atoms with Gasteiger partial charge in [0.15, 0.2) is 0 Å². The first-order valence-electron chi connectivity index (χ1n) is 3.90. The number of rotatable bonds is 2.